The number of amides is 1. The average molecular weight is 232 g/mol. The molecule has 2 nitrogen and oxygen atoms in total. The molecule has 2 N–H and O–H groups in total. The van der Waals surface area contributed by atoms with Crippen LogP contribution < -0.4 is 5.73 Å². The summed E-state index contributed by atoms with van der Waals surface area (Å²) in [5, 5.41) is 0. The molecule has 0 aromatic carbocycles. The summed E-state index contributed by atoms with van der Waals surface area (Å²) in [4.78, 5) is 11.1. The Hall–Kier alpha value is -0.240. The summed E-state index contributed by atoms with van der Waals surface area (Å²) in [6.07, 6.45) is 11.2. The average Bonchev–Trinajstić information content (AvgIpc) is 2.69. The topological polar surface area (TPSA) is 43.1 Å². The summed E-state index contributed by atoms with van der Waals surface area (Å²) >= 11 is 0. The van der Waals surface area contributed by atoms with E-state index >= 15 is 0 Å². The molecular formula is C12H22ClNO. The number of halogens is 1. The first-order valence-electron chi connectivity index (χ1n) is 6.01. The van der Waals surface area contributed by atoms with Gasteiger partial charge in [-0.15, -0.1) is 12.4 Å². The van der Waals surface area contributed by atoms with Crippen molar-refractivity contribution >= 4 is 18.3 Å². The van der Waals surface area contributed by atoms with Gasteiger partial charge in [-0.1, -0.05) is 25.7 Å². The SMILES string of the molecule is Cl.NC(=O)CC1(C2CCCC2)CCCC1. The lowest BCUT2D eigenvalue weighted by Crippen LogP contribution is -2.31. The number of carbonyl (C=O) groups excluding carboxylic acids is 1. The number of rotatable bonds is 3. The molecule has 0 aliphatic heterocycles. The predicted octanol–water partition coefficient (Wildman–Crippen LogP) is 3.03. The molecule has 2 saturated carbocycles. The Balaban J connectivity index is 0.00000112. The molecule has 0 bridgehead atoms. The third-order valence-corrected chi connectivity index (χ3v) is 4.35. The summed E-state index contributed by atoms with van der Waals surface area (Å²) < 4.78 is 0. The molecule has 0 aromatic heterocycles. The molecule has 2 fully saturated rings. The van der Waals surface area contributed by atoms with Crippen LogP contribution in [0.5, 0.6) is 0 Å². The molecule has 15 heavy (non-hydrogen) atoms. The molecule has 2 aliphatic rings. The molecule has 0 aromatic rings. The van der Waals surface area contributed by atoms with Gasteiger partial charge in [0, 0.05) is 6.42 Å². The first-order valence-corrected chi connectivity index (χ1v) is 6.01. The van der Waals surface area contributed by atoms with Crippen LogP contribution in [0, 0.1) is 11.3 Å². The maximum atomic E-state index is 11.1. The van der Waals surface area contributed by atoms with Crippen molar-refractivity contribution in [3.63, 3.8) is 0 Å². The van der Waals surface area contributed by atoms with Gasteiger partial charge in [-0.25, -0.2) is 0 Å². The maximum Gasteiger partial charge on any atom is 0.217 e. The quantitative estimate of drug-likeness (QED) is 0.797. The largest absolute Gasteiger partial charge is 0.370 e. The monoisotopic (exact) mass is 231 g/mol. The summed E-state index contributed by atoms with van der Waals surface area (Å²) in [5.41, 5.74) is 5.71. The number of hydrogen-bond acceptors (Lipinski definition) is 1. The smallest absolute Gasteiger partial charge is 0.217 e. The van der Waals surface area contributed by atoms with Crippen molar-refractivity contribution in [2.75, 3.05) is 0 Å². The Morgan fingerprint density at radius 3 is 2.13 bits per heavy atom. The molecule has 0 heterocycles. The van der Waals surface area contributed by atoms with Crippen LogP contribution >= 0.6 is 12.4 Å². The zero-order chi connectivity index (χ0) is 10.0. The van der Waals surface area contributed by atoms with Crippen LogP contribution in [0.3, 0.4) is 0 Å². The molecule has 0 unspecified atom stereocenters. The van der Waals surface area contributed by atoms with Crippen LogP contribution in [0.4, 0.5) is 0 Å². The van der Waals surface area contributed by atoms with Gasteiger partial charge in [-0.3, -0.25) is 4.79 Å². The molecule has 0 radical (unpaired) electrons. The van der Waals surface area contributed by atoms with Gasteiger partial charge < -0.3 is 5.73 Å². The second-order valence-corrected chi connectivity index (χ2v) is 5.19. The van der Waals surface area contributed by atoms with E-state index in [0.29, 0.717) is 11.8 Å². The second-order valence-electron chi connectivity index (χ2n) is 5.19. The third-order valence-electron chi connectivity index (χ3n) is 4.35. The van der Waals surface area contributed by atoms with Crippen molar-refractivity contribution < 1.29 is 4.79 Å². The van der Waals surface area contributed by atoms with E-state index in [1.807, 2.05) is 0 Å². The van der Waals surface area contributed by atoms with Gasteiger partial charge in [0.05, 0.1) is 0 Å². The Kier molecular flexibility index (Phi) is 4.45. The van der Waals surface area contributed by atoms with Crippen LogP contribution in [-0.4, -0.2) is 5.91 Å². The molecule has 0 spiro atoms. The summed E-state index contributed by atoms with van der Waals surface area (Å²) in [6, 6.07) is 0. The van der Waals surface area contributed by atoms with Gasteiger partial charge >= 0.3 is 0 Å². The first-order chi connectivity index (χ1) is 6.73. The second kappa shape index (κ2) is 5.20. The van der Waals surface area contributed by atoms with E-state index in [0.717, 1.165) is 5.92 Å². The number of primary amides is 1. The van der Waals surface area contributed by atoms with Crippen LogP contribution in [0.15, 0.2) is 0 Å². The molecule has 2 rings (SSSR count). The molecule has 1 amide bonds. The van der Waals surface area contributed by atoms with Crippen molar-refractivity contribution in [2.45, 2.75) is 57.8 Å². The molecular weight excluding hydrogens is 210 g/mol. The van der Waals surface area contributed by atoms with Gasteiger partial charge in [0.15, 0.2) is 0 Å². The van der Waals surface area contributed by atoms with Crippen LogP contribution in [0.25, 0.3) is 0 Å². The fourth-order valence-corrected chi connectivity index (χ4v) is 3.69. The predicted molar refractivity (Wildman–Crippen MR) is 63.9 cm³/mol. The Labute approximate surface area is 98.4 Å². The van der Waals surface area contributed by atoms with E-state index in [2.05, 4.69) is 0 Å². The minimum absolute atomic E-state index is 0. The highest BCUT2D eigenvalue weighted by Gasteiger charge is 2.42. The van der Waals surface area contributed by atoms with Crippen molar-refractivity contribution in [1.82, 2.24) is 0 Å². The first kappa shape index (κ1) is 12.8. The van der Waals surface area contributed by atoms with E-state index in [-0.39, 0.29) is 18.3 Å². The molecule has 88 valence electrons. The number of carbonyl (C=O) groups is 1. The van der Waals surface area contributed by atoms with E-state index < -0.39 is 0 Å². The van der Waals surface area contributed by atoms with Gasteiger partial charge in [0.2, 0.25) is 5.91 Å². The fourth-order valence-electron chi connectivity index (χ4n) is 3.69. The van der Waals surface area contributed by atoms with Gasteiger partial charge in [0.25, 0.3) is 0 Å². The maximum absolute atomic E-state index is 11.1. The van der Waals surface area contributed by atoms with Gasteiger partial charge in [0.1, 0.15) is 0 Å². The fraction of sp³-hybridized carbons (Fsp3) is 0.917. The molecule has 0 saturated heterocycles. The van der Waals surface area contributed by atoms with E-state index in [1.54, 1.807) is 0 Å². The zero-order valence-electron chi connectivity index (χ0n) is 9.34. The minimum Gasteiger partial charge on any atom is -0.370 e. The van der Waals surface area contributed by atoms with E-state index in [1.165, 1.54) is 51.4 Å². The summed E-state index contributed by atoms with van der Waals surface area (Å²) in [5.74, 6) is 0.719. The van der Waals surface area contributed by atoms with Crippen molar-refractivity contribution in [3.05, 3.63) is 0 Å². The lowest BCUT2D eigenvalue weighted by molar-refractivity contribution is -0.121. The molecule has 3 heteroatoms. The lowest BCUT2D eigenvalue weighted by Gasteiger charge is -2.34. The van der Waals surface area contributed by atoms with Crippen molar-refractivity contribution in [2.24, 2.45) is 17.1 Å². The van der Waals surface area contributed by atoms with E-state index in [9.17, 15) is 4.79 Å². The van der Waals surface area contributed by atoms with Crippen LogP contribution in [0.2, 0.25) is 0 Å². The van der Waals surface area contributed by atoms with Gasteiger partial charge in [-0.05, 0) is 37.0 Å². The molecule has 0 atom stereocenters. The zero-order valence-corrected chi connectivity index (χ0v) is 10.2. The highest BCUT2D eigenvalue weighted by Crippen LogP contribution is 2.52. The number of hydrogen-bond donors (Lipinski definition) is 1. The highest BCUT2D eigenvalue weighted by molar-refractivity contribution is 5.85. The van der Waals surface area contributed by atoms with Crippen LogP contribution in [-0.2, 0) is 4.79 Å². The summed E-state index contributed by atoms with van der Waals surface area (Å²) in [6.45, 7) is 0. The Bertz CT molecular complexity index is 218. The van der Waals surface area contributed by atoms with Crippen molar-refractivity contribution in [1.29, 1.82) is 0 Å². The van der Waals surface area contributed by atoms with Crippen LogP contribution in [0.1, 0.15) is 57.8 Å². The number of nitrogens with two attached hydrogens (primary N) is 1. The van der Waals surface area contributed by atoms with E-state index in [4.69, 9.17) is 5.73 Å². The highest BCUT2D eigenvalue weighted by atomic mass is 35.5. The molecule has 2 aliphatic carbocycles. The normalized spacial score (nSPS) is 25.1. The van der Waals surface area contributed by atoms with Crippen molar-refractivity contribution in [3.8, 4) is 0 Å². The van der Waals surface area contributed by atoms with Gasteiger partial charge in [-0.2, -0.15) is 0 Å². The summed E-state index contributed by atoms with van der Waals surface area (Å²) in [7, 11) is 0. The Morgan fingerprint density at radius 2 is 1.67 bits per heavy atom. The minimum atomic E-state index is -0.0844. The Morgan fingerprint density at radius 1 is 1.13 bits per heavy atom. The standard InChI is InChI=1S/C12H21NO.ClH/c13-11(14)9-12(7-3-4-8-12)10-5-1-2-6-10;/h10H,1-9H2,(H2,13,14);1H. The third kappa shape index (κ3) is 2.66. The lowest BCUT2D eigenvalue weighted by atomic mass is 9.70.